The Bertz CT molecular complexity index is 648. The molecule has 0 amide bonds. The fraction of sp³-hybridized carbons (Fsp3) is 0.357. The predicted molar refractivity (Wildman–Crippen MR) is 82.4 cm³/mol. The summed E-state index contributed by atoms with van der Waals surface area (Å²) in [7, 11) is 0. The van der Waals surface area contributed by atoms with E-state index in [9.17, 15) is 13.2 Å². The summed E-state index contributed by atoms with van der Waals surface area (Å²) in [5, 5.41) is 0.424. The largest absolute Gasteiger partial charge is 0.427 e. The SMILES string of the molecule is Nc1ccccc1N1CCN(c2ncc(C(F)(F)F)s2)CC1. The lowest BCUT2D eigenvalue weighted by Gasteiger charge is -2.36. The number of benzene rings is 1. The lowest BCUT2D eigenvalue weighted by Crippen LogP contribution is -2.46. The first kappa shape index (κ1) is 15.0. The predicted octanol–water partition coefficient (Wildman–Crippen LogP) is 3.07. The van der Waals surface area contributed by atoms with Crippen molar-refractivity contribution in [3.05, 3.63) is 35.3 Å². The van der Waals surface area contributed by atoms with Gasteiger partial charge in [0.25, 0.3) is 0 Å². The molecular weight excluding hydrogens is 313 g/mol. The third-order valence-electron chi connectivity index (χ3n) is 3.60. The van der Waals surface area contributed by atoms with Crippen LogP contribution in [0.25, 0.3) is 0 Å². The fourth-order valence-corrected chi connectivity index (χ4v) is 3.29. The molecule has 0 aliphatic carbocycles. The first-order valence-electron chi connectivity index (χ1n) is 6.82. The highest BCUT2D eigenvalue weighted by Gasteiger charge is 2.34. The second kappa shape index (κ2) is 5.68. The molecular formula is C14H15F3N4S. The lowest BCUT2D eigenvalue weighted by atomic mass is 10.2. The fourth-order valence-electron chi connectivity index (χ4n) is 2.46. The van der Waals surface area contributed by atoms with Gasteiger partial charge in [0.05, 0.1) is 17.6 Å². The number of para-hydroxylation sites is 2. The molecule has 1 saturated heterocycles. The quantitative estimate of drug-likeness (QED) is 0.861. The Balaban J connectivity index is 1.67. The molecule has 1 aromatic heterocycles. The number of nitrogens with zero attached hydrogens (tertiary/aromatic N) is 3. The van der Waals surface area contributed by atoms with E-state index in [-0.39, 0.29) is 0 Å². The first-order chi connectivity index (χ1) is 10.4. The average Bonchev–Trinajstić information content (AvgIpc) is 2.98. The maximum absolute atomic E-state index is 12.6. The zero-order chi connectivity index (χ0) is 15.7. The van der Waals surface area contributed by atoms with E-state index in [1.807, 2.05) is 29.2 Å². The molecule has 1 aliphatic rings. The maximum Gasteiger partial charge on any atom is 0.427 e. The van der Waals surface area contributed by atoms with Crippen molar-refractivity contribution >= 4 is 27.8 Å². The van der Waals surface area contributed by atoms with Gasteiger partial charge in [-0.05, 0) is 12.1 Å². The van der Waals surface area contributed by atoms with E-state index in [2.05, 4.69) is 9.88 Å². The molecule has 0 unspecified atom stereocenters. The van der Waals surface area contributed by atoms with Gasteiger partial charge in [-0.1, -0.05) is 23.5 Å². The van der Waals surface area contributed by atoms with Crippen LogP contribution in [0.2, 0.25) is 0 Å². The van der Waals surface area contributed by atoms with Crippen molar-refractivity contribution in [2.75, 3.05) is 41.7 Å². The van der Waals surface area contributed by atoms with E-state index in [0.717, 1.165) is 11.9 Å². The van der Waals surface area contributed by atoms with Crippen molar-refractivity contribution in [3.63, 3.8) is 0 Å². The number of aromatic nitrogens is 1. The minimum atomic E-state index is -4.32. The van der Waals surface area contributed by atoms with Crippen LogP contribution in [0.5, 0.6) is 0 Å². The number of nitrogens with two attached hydrogens (primary N) is 1. The summed E-state index contributed by atoms with van der Waals surface area (Å²) in [5.41, 5.74) is 7.64. The second-order valence-electron chi connectivity index (χ2n) is 5.04. The van der Waals surface area contributed by atoms with Gasteiger partial charge >= 0.3 is 6.18 Å². The van der Waals surface area contributed by atoms with Crippen LogP contribution in [0.4, 0.5) is 29.7 Å². The van der Waals surface area contributed by atoms with E-state index >= 15 is 0 Å². The number of nitrogen functional groups attached to an aromatic ring is 1. The van der Waals surface area contributed by atoms with Gasteiger partial charge in [0, 0.05) is 26.2 Å². The number of piperazine rings is 1. The molecule has 2 N–H and O–H groups in total. The molecule has 1 aliphatic heterocycles. The second-order valence-corrected chi connectivity index (χ2v) is 6.05. The molecule has 3 rings (SSSR count). The van der Waals surface area contributed by atoms with Gasteiger partial charge in [0.1, 0.15) is 4.88 Å². The molecule has 8 heteroatoms. The molecule has 4 nitrogen and oxygen atoms in total. The number of rotatable bonds is 2. The molecule has 1 aromatic carbocycles. The van der Waals surface area contributed by atoms with Crippen LogP contribution in [0, 0.1) is 0 Å². The Morgan fingerprint density at radius 2 is 1.68 bits per heavy atom. The van der Waals surface area contributed by atoms with Crippen LogP contribution in [0.15, 0.2) is 30.5 Å². The van der Waals surface area contributed by atoms with Crippen molar-refractivity contribution in [1.29, 1.82) is 0 Å². The van der Waals surface area contributed by atoms with E-state index in [1.54, 1.807) is 0 Å². The zero-order valence-electron chi connectivity index (χ0n) is 11.7. The lowest BCUT2D eigenvalue weighted by molar-refractivity contribution is -0.134. The third kappa shape index (κ3) is 2.96. The van der Waals surface area contributed by atoms with Crippen molar-refractivity contribution in [1.82, 2.24) is 4.98 Å². The van der Waals surface area contributed by atoms with E-state index in [1.165, 1.54) is 0 Å². The minimum Gasteiger partial charge on any atom is -0.397 e. The van der Waals surface area contributed by atoms with Gasteiger partial charge in [0.15, 0.2) is 5.13 Å². The highest BCUT2D eigenvalue weighted by molar-refractivity contribution is 7.15. The molecule has 2 heterocycles. The molecule has 0 atom stereocenters. The van der Waals surface area contributed by atoms with Gasteiger partial charge in [0.2, 0.25) is 0 Å². The molecule has 0 spiro atoms. The van der Waals surface area contributed by atoms with E-state index in [4.69, 9.17) is 5.73 Å². The molecule has 0 radical (unpaired) electrons. The highest BCUT2D eigenvalue weighted by atomic mass is 32.1. The number of thiazole rings is 1. The normalized spacial score (nSPS) is 16.1. The van der Waals surface area contributed by atoms with Crippen molar-refractivity contribution in [3.8, 4) is 0 Å². The van der Waals surface area contributed by atoms with Gasteiger partial charge in [-0.15, -0.1) is 0 Å². The number of halogens is 3. The standard InChI is InChI=1S/C14H15F3N4S/c15-14(16,17)12-9-19-13(22-12)21-7-5-20(6-8-21)11-4-2-1-3-10(11)18/h1-4,9H,5-8,18H2. The Morgan fingerprint density at radius 1 is 1.05 bits per heavy atom. The monoisotopic (exact) mass is 328 g/mol. The van der Waals surface area contributed by atoms with E-state index in [0.29, 0.717) is 48.3 Å². The van der Waals surface area contributed by atoms with Crippen LogP contribution < -0.4 is 15.5 Å². The summed E-state index contributed by atoms with van der Waals surface area (Å²) in [6.07, 6.45) is -3.42. The Hall–Kier alpha value is -1.96. The molecule has 22 heavy (non-hydrogen) atoms. The molecule has 118 valence electrons. The van der Waals surface area contributed by atoms with Gasteiger partial charge in [-0.2, -0.15) is 13.2 Å². The van der Waals surface area contributed by atoms with Crippen molar-refractivity contribution < 1.29 is 13.2 Å². The van der Waals surface area contributed by atoms with Gasteiger partial charge in [-0.25, -0.2) is 4.98 Å². The Kier molecular flexibility index (Phi) is 3.86. The summed E-state index contributed by atoms with van der Waals surface area (Å²) in [4.78, 5) is 7.27. The van der Waals surface area contributed by atoms with E-state index < -0.39 is 11.1 Å². The third-order valence-corrected chi connectivity index (χ3v) is 4.70. The van der Waals surface area contributed by atoms with Gasteiger partial charge in [-0.3, -0.25) is 0 Å². The molecule has 2 aromatic rings. The van der Waals surface area contributed by atoms with Crippen LogP contribution in [-0.4, -0.2) is 31.2 Å². The molecule has 0 bridgehead atoms. The number of anilines is 3. The summed E-state index contributed by atoms with van der Waals surface area (Å²) in [6.45, 7) is 2.66. The van der Waals surface area contributed by atoms with Crippen LogP contribution in [0.1, 0.15) is 4.88 Å². The summed E-state index contributed by atoms with van der Waals surface area (Å²) < 4.78 is 37.9. The van der Waals surface area contributed by atoms with Crippen molar-refractivity contribution in [2.24, 2.45) is 0 Å². The number of hydrogen-bond donors (Lipinski definition) is 1. The smallest absolute Gasteiger partial charge is 0.397 e. The van der Waals surface area contributed by atoms with Crippen LogP contribution >= 0.6 is 11.3 Å². The first-order valence-corrected chi connectivity index (χ1v) is 7.64. The average molecular weight is 328 g/mol. The van der Waals surface area contributed by atoms with Crippen molar-refractivity contribution in [2.45, 2.75) is 6.18 Å². The zero-order valence-corrected chi connectivity index (χ0v) is 12.5. The maximum atomic E-state index is 12.6. The Labute approximate surface area is 130 Å². The minimum absolute atomic E-state index is 0.424. The number of alkyl halides is 3. The van der Waals surface area contributed by atoms with Crippen LogP contribution in [-0.2, 0) is 6.18 Å². The molecule has 0 saturated carbocycles. The highest BCUT2D eigenvalue weighted by Crippen LogP contribution is 2.36. The summed E-state index contributed by atoms with van der Waals surface area (Å²) >= 11 is 0.693. The summed E-state index contributed by atoms with van der Waals surface area (Å²) in [5.74, 6) is 0. The van der Waals surface area contributed by atoms with Crippen LogP contribution in [0.3, 0.4) is 0 Å². The number of hydrogen-bond acceptors (Lipinski definition) is 5. The topological polar surface area (TPSA) is 45.4 Å². The Morgan fingerprint density at radius 3 is 2.27 bits per heavy atom. The summed E-state index contributed by atoms with van der Waals surface area (Å²) in [6, 6.07) is 7.60. The molecule has 1 fully saturated rings. The van der Waals surface area contributed by atoms with Gasteiger partial charge < -0.3 is 15.5 Å².